The van der Waals surface area contributed by atoms with Crippen molar-refractivity contribution in [1.82, 2.24) is 10.2 Å². The van der Waals surface area contributed by atoms with Gasteiger partial charge in [-0.2, -0.15) is 0 Å². The van der Waals surface area contributed by atoms with Gasteiger partial charge in [-0.25, -0.2) is 4.39 Å². The maximum absolute atomic E-state index is 12.5. The van der Waals surface area contributed by atoms with Crippen molar-refractivity contribution in [3.63, 3.8) is 0 Å². The average molecular weight is 216 g/mol. The Morgan fingerprint density at radius 2 is 2.33 bits per heavy atom. The van der Waals surface area contributed by atoms with E-state index in [0.29, 0.717) is 26.2 Å². The Morgan fingerprint density at radius 3 is 2.93 bits per heavy atom. The Hall–Kier alpha value is -0.680. The first kappa shape index (κ1) is 10.8. The molecule has 2 saturated heterocycles. The molecule has 2 rings (SSSR count). The summed E-state index contributed by atoms with van der Waals surface area (Å²) in [6.45, 7) is 2.50. The molecule has 1 N–H and O–H groups in total. The van der Waals surface area contributed by atoms with Crippen LogP contribution in [0.3, 0.4) is 0 Å². The molecule has 1 amide bonds. The normalized spacial score (nSPS) is 27.7. The zero-order valence-electron chi connectivity index (χ0n) is 8.75. The molecule has 0 radical (unpaired) electrons. The number of carbonyl (C=O) groups is 1. The number of nitrogens with one attached hydrogen (secondary N) is 1. The molecule has 15 heavy (non-hydrogen) atoms. The summed E-state index contributed by atoms with van der Waals surface area (Å²) in [6.07, 6.45) is 1.54. The Bertz CT molecular complexity index is 225. The number of halogens is 1. The molecule has 5 heteroatoms. The Kier molecular flexibility index (Phi) is 3.53. The molecule has 0 bridgehead atoms. The zero-order valence-corrected chi connectivity index (χ0v) is 8.75. The molecule has 0 aromatic heterocycles. The van der Waals surface area contributed by atoms with Gasteiger partial charge in [0.05, 0.1) is 12.6 Å². The van der Waals surface area contributed by atoms with Crippen LogP contribution in [0.25, 0.3) is 0 Å². The second-order valence-corrected chi connectivity index (χ2v) is 4.23. The summed E-state index contributed by atoms with van der Waals surface area (Å²) in [4.78, 5) is 13.2. The average Bonchev–Trinajstić information content (AvgIpc) is 2.65. The van der Waals surface area contributed by atoms with Crippen molar-refractivity contribution in [2.45, 2.75) is 25.1 Å². The van der Waals surface area contributed by atoms with E-state index < -0.39 is 6.17 Å². The minimum Gasteiger partial charge on any atom is -0.376 e. The number of hydrogen-bond donors (Lipinski definition) is 1. The van der Waals surface area contributed by atoms with Gasteiger partial charge in [0.25, 0.3) is 0 Å². The van der Waals surface area contributed by atoms with Crippen LogP contribution in [0.1, 0.15) is 12.8 Å². The lowest BCUT2D eigenvalue weighted by atomic mass is 10.2. The summed E-state index contributed by atoms with van der Waals surface area (Å²) in [7, 11) is 0. The smallest absolute Gasteiger partial charge is 0.234 e. The van der Waals surface area contributed by atoms with Crippen LogP contribution < -0.4 is 5.32 Å². The van der Waals surface area contributed by atoms with Crippen molar-refractivity contribution < 1.29 is 13.9 Å². The lowest BCUT2D eigenvalue weighted by molar-refractivity contribution is -0.124. The Labute approximate surface area is 88.8 Å². The molecule has 0 saturated carbocycles. The number of ether oxygens (including phenoxy) is 1. The molecule has 0 aliphatic carbocycles. The van der Waals surface area contributed by atoms with E-state index in [0.717, 1.165) is 19.4 Å². The minimum absolute atomic E-state index is 0.0302. The first-order valence-corrected chi connectivity index (χ1v) is 5.49. The lowest BCUT2D eigenvalue weighted by Gasteiger charge is -2.33. The highest BCUT2D eigenvalue weighted by atomic mass is 19.1. The summed E-state index contributed by atoms with van der Waals surface area (Å²) in [6, 6.07) is 0. The van der Waals surface area contributed by atoms with Crippen molar-refractivity contribution in [1.29, 1.82) is 0 Å². The second-order valence-electron chi connectivity index (χ2n) is 4.23. The van der Waals surface area contributed by atoms with Gasteiger partial charge in [-0.3, -0.25) is 9.69 Å². The maximum Gasteiger partial charge on any atom is 0.234 e. The third kappa shape index (κ3) is 3.14. The maximum atomic E-state index is 12.5. The summed E-state index contributed by atoms with van der Waals surface area (Å²) < 4.78 is 17.8. The number of hydrogen-bond acceptors (Lipinski definition) is 3. The van der Waals surface area contributed by atoms with Crippen molar-refractivity contribution in [3.05, 3.63) is 0 Å². The van der Waals surface area contributed by atoms with E-state index in [4.69, 9.17) is 4.74 Å². The van der Waals surface area contributed by atoms with Crippen LogP contribution in [0, 0.1) is 0 Å². The van der Waals surface area contributed by atoms with Gasteiger partial charge < -0.3 is 10.1 Å². The molecule has 2 heterocycles. The zero-order chi connectivity index (χ0) is 10.7. The standard InChI is InChI=1S/C10H17FN2O2/c11-8-5-13(6-8)7-10(14)12-4-9-2-1-3-15-9/h8-9H,1-7H2,(H,12,14). The van der Waals surface area contributed by atoms with Crippen LogP contribution in [0.2, 0.25) is 0 Å². The van der Waals surface area contributed by atoms with E-state index >= 15 is 0 Å². The SMILES string of the molecule is O=C(CN1CC(F)C1)NCC1CCCO1. The molecule has 1 unspecified atom stereocenters. The first-order chi connectivity index (χ1) is 7.24. The topological polar surface area (TPSA) is 41.6 Å². The monoisotopic (exact) mass is 216 g/mol. The van der Waals surface area contributed by atoms with Crippen LogP contribution in [-0.4, -0.2) is 55.9 Å². The number of nitrogens with zero attached hydrogens (tertiary/aromatic N) is 1. The highest BCUT2D eigenvalue weighted by Gasteiger charge is 2.27. The van der Waals surface area contributed by atoms with Crippen LogP contribution in [0.5, 0.6) is 0 Å². The molecule has 2 aliphatic rings. The quantitative estimate of drug-likeness (QED) is 0.715. The van der Waals surface area contributed by atoms with Crippen LogP contribution in [0.15, 0.2) is 0 Å². The summed E-state index contributed by atoms with van der Waals surface area (Å²) in [5.41, 5.74) is 0. The first-order valence-electron chi connectivity index (χ1n) is 5.49. The minimum atomic E-state index is -0.740. The van der Waals surface area contributed by atoms with Crippen molar-refractivity contribution in [2.24, 2.45) is 0 Å². The molecule has 4 nitrogen and oxygen atoms in total. The highest BCUT2D eigenvalue weighted by molar-refractivity contribution is 5.78. The Balaban J connectivity index is 1.56. The molecule has 1 atom stereocenters. The van der Waals surface area contributed by atoms with Gasteiger partial charge in [0.2, 0.25) is 5.91 Å². The molecular formula is C10H17FN2O2. The van der Waals surface area contributed by atoms with Crippen LogP contribution in [0.4, 0.5) is 4.39 Å². The summed E-state index contributed by atoms with van der Waals surface area (Å²) in [5, 5.41) is 2.81. The molecule has 2 fully saturated rings. The predicted octanol–water partition coefficient (Wildman–Crippen LogP) is -0.0647. The molecule has 0 spiro atoms. The van der Waals surface area contributed by atoms with Crippen molar-refractivity contribution >= 4 is 5.91 Å². The number of alkyl halides is 1. The van der Waals surface area contributed by atoms with Gasteiger partial charge >= 0.3 is 0 Å². The molecule has 0 aromatic carbocycles. The van der Waals surface area contributed by atoms with Gasteiger partial charge in [-0.15, -0.1) is 0 Å². The van der Waals surface area contributed by atoms with E-state index in [-0.39, 0.29) is 12.0 Å². The van der Waals surface area contributed by atoms with E-state index in [1.165, 1.54) is 0 Å². The van der Waals surface area contributed by atoms with E-state index in [1.54, 1.807) is 4.90 Å². The largest absolute Gasteiger partial charge is 0.376 e. The van der Waals surface area contributed by atoms with Crippen LogP contribution >= 0.6 is 0 Å². The third-order valence-corrected chi connectivity index (χ3v) is 2.83. The number of amides is 1. The van der Waals surface area contributed by atoms with Gasteiger partial charge in [-0.05, 0) is 12.8 Å². The third-order valence-electron chi connectivity index (χ3n) is 2.83. The van der Waals surface area contributed by atoms with Gasteiger partial charge in [0.15, 0.2) is 0 Å². The highest BCUT2D eigenvalue weighted by Crippen LogP contribution is 2.11. The van der Waals surface area contributed by atoms with Crippen molar-refractivity contribution in [2.75, 3.05) is 32.8 Å². The van der Waals surface area contributed by atoms with E-state index in [1.807, 2.05) is 0 Å². The molecule has 86 valence electrons. The molecule has 0 aromatic rings. The summed E-state index contributed by atoms with van der Waals surface area (Å²) in [5.74, 6) is -0.0302. The fourth-order valence-corrected chi connectivity index (χ4v) is 1.93. The van der Waals surface area contributed by atoms with Crippen LogP contribution in [-0.2, 0) is 9.53 Å². The fourth-order valence-electron chi connectivity index (χ4n) is 1.93. The van der Waals surface area contributed by atoms with E-state index in [2.05, 4.69) is 5.32 Å². The lowest BCUT2D eigenvalue weighted by Crippen LogP contribution is -2.52. The number of rotatable bonds is 4. The molecular weight excluding hydrogens is 199 g/mol. The van der Waals surface area contributed by atoms with Gasteiger partial charge in [0, 0.05) is 26.2 Å². The predicted molar refractivity (Wildman–Crippen MR) is 53.3 cm³/mol. The second kappa shape index (κ2) is 4.90. The Morgan fingerprint density at radius 1 is 1.53 bits per heavy atom. The van der Waals surface area contributed by atoms with E-state index in [9.17, 15) is 9.18 Å². The number of likely N-dealkylation sites (tertiary alicyclic amines) is 1. The van der Waals surface area contributed by atoms with Crippen molar-refractivity contribution in [3.8, 4) is 0 Å². The van der Waals surface area contributed by atoms with Gasteiger partial charge in [-0.1, -0.05) is 0 Å². The summed E-state index contributed by atoms with van der Waals surface area (Å²) >= 11 is 0. The van der Waals surface area contributed by atoms with Gasteiger partial charge in [0.1, 0.15) is 6.17 Å². The number of carbonyl (C=O) groups excluding carboxylic acids is 1. The molecule has 2 aliphatic heterocycles. The fraction of sp³-hybridized carbons (Fsp3) is 0.900.